The van der Waals surface area contributed by atoms with E-state index in [0.717, 1.165) is 13.1 Å². The maximum Gasteiger partial charge on any atom is 0.169 e. The maximum atomic E-state index is 2.35. The maximum absolute atomic E-state index is 2.35. The van der Waals surface area contributed by atoms with Crippen LogP contribution in [0.2, 0.25) is 0 Å². The minimum atomic E-state index is -1.22. The Hall–Kier alpha value is -5.15. The van der Waals surface area contributed by atoms with E-state index in [0.29, 0.717) is 0 Å². The number of rotatable bonds is 9. The Labute approximate surface area is 269 Å². The first kappa shape index (κ1) is 31.3. The predicted octanol–water partition coefficient (Wildman–Crippen LogP) is 6.59. The molecule has 45 heavy (non-hydrogen) atoms. The van der Waals surface area contributed by atoms with Gasteiger partial charge >= 0.3 is 0 Å². The molecule has 0 N–H and O–H groups in total. The van der Waals surface area contributed by atoms with Gasteiger partial charge in [-0.3, -0.25) is 0 Å². The van der Waals surface area contributed by atoms with E-state index in [-0.39, 0.29) is 0 Å². The van der Waals surface area contributed by atoms with Gasteiger partial charge in [0.05, 0.1) is 0 Å². The molecular weight excluding hydrogens is 543 g/mol. The Balaban J connectivity index is 0.000000183. The molecule has 6 rings (SSSR count). The van der Waals surface area contributed by atoms with Gasteiger partial charge in [0, 0.05) is 30.9 Å². The van der Waals surface area contributed by atoms with Gasteiger partial charge in [0.1, 0.15) is 13.2 Å². The standard InChI is InChI=1S/C24H20B.C18H23N2/c1-5-13-21(14-6-1)25(22-15-7-2-8-16-22,23-17-9-3-10-18-23)24-19-11-4-12-20-24;1-4-20(5-2)18-10-8-16(9-11-18)6-7-17-12-14-19(3)15-13-17/h1-20H;6-15H,4-5H2,1-3H3/q-1;+1. The van der Waals surface area contributed by atoms with E-state index in [1.807, 2.05) is 11.6 Å². The minimum Gasteiger partial charge on any atom is -0.372 e. The lowest BCUT2D eigenvalue weighted by atomic mass is 9.13. The van der Waals surface area contributed by atoms with Crippen molar-refractivity contribution in [1.29, 1.82) is 0 Å². The summed E-state index contributed by atoms with van der Waals surface area (Å²) in [4.78, 5) is 2.35. The van der Waals surface area contributed by atoms with Crippen molar-refractivity contribution < 1.29 is 4.57 Å². The number of anilines is 1. The molecule has 0 saturated carbocycles. The highest BCUT2D eigenvalue weighted by Crippen LogP contribution is 2.16. The Morgan fingerprint density at radius 1 is 0.467 bits per heavy atom. The number of aryl methyl sites for hydroxylation is 1. The van der Waals surface area contributed by atoms with Crippen molar-refractivity contribution in [3.05, 3.63) is 181 Å². The summed E-state index contributed by atoms with van der Waals surface area (Å²) < 4.78 is 2.04. The normalized spacial score (nSPS) is 11.1. The molecule has 1 aromatic heterocycles. The predicted molar refractivity (Wildman–Crippen MR) is 197 cm³/mol. The molecule has 0 atom stereocenters. The van der Waals surface area contributed by atoms with E-state index in [9.17, 15) is 0 Å². The second-order valence-electron chi connectivity index (χ2n) is 11.4. The van der Waals surface area contributed by atoms with Gasteiger partial charge in [-0.2, -0.15) is 21.9 Å². The molecule has 6 aromatic rings. The molecule has 0 unspecified atom stereocenters. The van der Waals surface area contributed by atoms with Crippen molar-refractivity contribution in [2.24, 2.45) is 7.05 Å². The van der Waals surface area contributed by atoms with Crippen LogP contribution in [-0.4, -0.2) is 19.2 Å². The first-order valence-corrected chi connectivity index (χ1v) is 16.0. The third-order valence-corrected chi connectivity index (χ3v) is 8.69. The summed E-state index contributed by atoms with van der Waals surface area (Å²) in [7, 11) is 2.03. The Kier molecular flexibility index (Phi) is 10.8. The van der Waals surface area contributed by atoms with E-state index in [1.54, 1.807) is 0 Å². The van der Waals surface area contributed by atoms with Gasteiger partial charge in [0.25, 0.3) is 0 Å². The summed E-state index contributed by atoms with van der Waals surface area (Å²) in [5.41, 5.74) is 9.10. The zero-order valence-corrected chi connectivity index (χ0v) is 26.7. The number of hydrogen-bond acceptors (Lipinski definition) is 1. The monoisotopic (exact) mass is 586 g/mol. The first-order valence-electron chi connectivity index (χ1n) is 16.0. The molecule has 0 fully saturated rings. The van der Waals surface area contributed by atoms with Crippen LogP contribution in [0.1, 0.15) is 25.0 Å². The van der Waals surface area contributed by atoms with Gasteiger partial charge in [-0.15, -0.1) is 0 Å². The molecule has 0 saturated heterocycles. The van der Waals surface area contributed by atoms with Crippen LogP contribution in [0.15, 0.2) is 170 Å². The van der Waals surface area contributed by atoms with Crippen LogP contribution in [-0.2, 0) is 7.05 Å². The van der Waals surface area contributed by atoms with Crippen LogP contribution in [0.5, 0.6) is 0 Å². The van der Waals surface area contributed by atoms with Gasteiger partial charge in [0.15, 0.2) is 12.4 Å². The highest BCUT2D eigenvalue weighted by atomic mass is 15.1. The molecule has 3 heteroatoms. The lowest BCUT2D eigenvalue weighted by Crippen LogP contribution is -2.74. The SMILES string of the molecule is CCN(CC)c1ccc(/C=C/c2cc[n+](C)cc2)cc1.c1ccc([B-](c2ccccc2)(c2ccccc2)c2ccccc2)cc1. The van der Waals surface area contributed by atoms with Crippen molar-refractivity contribution in [2.75, 3.05) is 18.0 Å². The molecule has 0 spiro atoms. The van der Waals surface area contributed by atoms with Crippen LogP contribution >= 0.6 is 0 Å². The fourth-order valence-electron chi connectivity index (χ4n) is 6.32. The van der Waals surface area contributed by atoms with Crippen molar-refractivity contribution >= 4 is 45.8 Å². The largest absolute Gasteiger partial charge is 0.372 e. The number of aromatic nitrogens is 1. The van der Waals surface area contributed by atoms with Gasteiger partial charge < -0.3 is 4.90 Å². The molecule has 0 radical (unpaired) electrons. The third kappa shape index (κ3) is 7.51. The van der Waals surface area contributed by atoms with Gasteiger partial charge in [-0.25, -0.2) is 4.57 Å². The van der Waals surface area contributed by atoms with Crippen molar-refractivity contribution in [3.8, 4) is 0 Å². The number of nitrogens with zero attached hydrogens (tertiary/aromatic N) is 2. The molecule has 0 aliphatic heterocycles. The summed E-state index contributed by atoms with van der Waals surface area (Å²) in [6, 6.07) is 56.5. The molecular formula is C42H43BN2. The van der Waals surface area contributed by atoms with E-state index in [4.69, 9.17) is 0 Å². The number of benzene rings is 5. The quantitative estimate of drug-likeness (QED) is 0.137. The van der Waals surface area contributed by atoms with Crippen LogP contribution in [0.25, 0.3) is 12.2 Å². The average molecular weight is 587 g/mol. The fraction of sp³-hybridized carbons (Fsp3) is 0.119. The van der Waals surface area contributed by atoms with Gasteiger partial charge in [-0.1, -0.05) is 146 Å². The average Bonchev–Trinajstić information content (AvgIpc) is 3.12. The van der Waals surface area contributed by atoms with Crippen LogP contribution in [0, 0.1) is 0 Å². The van der Waals surface area contributed by atoms with Crippen molar-refractivity contribution in [1.82, 2.24) is 0 Å². The second-order valence-corrected chi connectivity index (χ2v) is 11.4. The summed E-state index contributed by atoms with van der Waals surface area (Å²) in [6.45, 7) is 6.47. The van der Waals surface area contributed by atoms with Crippen LogP contribution in [0.4, 0.5) is 5.69 Å². The van der Waals surface area contributed by atoms with E-state index >= 15 is 0 Å². The Morgan fingerprint density at radius 3 is 1.13 bits per heavy atom. The van der Waals surface area contributed by atoms with E-state index in [1.165, 1.54) is 38.7 Å². The second kappa shape index (κ2) is 15.5. The summed E-state index contributed by atoms with van der Waals surface area (Å²) in [5, 5.41) is 0. The summed E-state index contributed by atoms with van der Waals surface area (Å²) in [6.07, 6.45) is 7.20. The molecule has 0 amide bonds. The number of hydrogen-bond donors (Lipinski definition) is 0. The molecule has 1 heterocycles. The molecule has 5 aromatic carbocycles. The molecule has 2 nitrogen and oxygen atoms in total. The molecule has 0 aliphatic rings. The molecule has 0 bridgehead atoms. The first-order chi connectivity index (χ1) is 22.1. The molecule has 224 valence electrons. The zero-order chi connectivity index (χ0) is 31.3. The Bertz CT molecular complexity index is 1570. The Morgan fingerprint density at radius 2 is 0.800 bits per heavy atom. The highest BCUT2D eigenvalue weighted by molar-refractivity contribution is 7.19. The summed E-state index contributed by atoms with van der Waals surface area (Å²) in [5.74, 6) is 0. The third-order valence-electron chi connectivity index (χ3n) is 8.69. The van der Waals surface area contributed by atoms with E-state index in [2.05, 4.69) is 201 Å². The topological polar surface area (TPSA) is 7.12 Å². The van der Waals surface area contributed by atoms with Gasteiger partial charge in [0.2, 0.25) is 0 Å². The molecule has 0 aliphatic carbocycles. The van der Waals surface area contributed by atoms with Crippen molar-refractivity contribution in [2.45, 2.75) is 13.8 Å². The van der Waals surface area contributed by atoms with Crippen LogP contribution < -0.4 is 31.3 Å². The van der Waals surface area contributed by atoms with Gasteiger partial charge in [-0.05, 0) is 37.1 Å². The summed E-state index contributed by atoms with van der Waals surface area (Å²) >= 11 is 0. The fourth-order valence-corrected chi connectivity index (χ4v) is 6.32. The smallest absolute Gasteiger partial charge is 0.169 e. The number of pyridine rings is 1. The lowest BCUT2D eigenvalue weighted by molar-refractivity contribution is -0.671. The van der Waals surface area contributed by atoms with Crippen LogP contribution in [0.3, 0.4) is 0 Å². The van der Waals surface area contributed by atoms with Crippen molar-refractivity contribution in [3.63, 3.8) is 0 Å². The highest BCUT2D eigenvalue weighted by Gasteiger charge is 2.31. The zero-order valence-electron chi connectivity index (χ0n) is 26.7. The minimum absolute atomic E-state index is 1.05. The van der Waals surface area contributed by atoms with E-state index < -0.39 is 6.15 Å². The lowest BCUT2D eigenvalue weighted by Gasteiger charge is -2.44.